The molecule has 1 aromatic carbocycles. The zero-order valence-electron chi connectivity index (χ0n) is 24.1. The number of rotatable bonds is 10. The Morgan fingerprint density at radius 2 is 1.71 bits per heavy atom. The predicted molar refractivity (Wildman–Crippen MR) is 146 cm³/mol. The number of ether oxygens (including phenoxy) is 3. The largest absolute Gasteiger partial charge is 0.573 e. The van der Waals surface area contributed by atoms with Gasteiger partial charge in [-0.25, -0.2) is 12.7 Å². The Morgan fingerprint density at radius 1 is 1.07 bits per heavy atom. The van der Waals surface area contributed by atoms with Crippen molar-refractivity contribution in [3.05, 3.63) is 30.2 Å². The number of carbonyl (C=O) groups excluding carboxylic acids is 1. The van der Waals surface area contributed by atoms with Crippen molar-refractivity contribution in [3.63, 3.8) is 0 Å². The summed E-state index contributed by atoms with van der Waals surface area (Å²) >= 11 is 0. The van der Waals surface area contributed by atoms with E-state index in [0.717, 1.165) is 19.3 Å². The third-order valence-corrected chi connectivity index (χ3v) is 10.2. The molecule has 1 aromatic heterocycles. The molecule has 2 aliphatic heterocycles. The van der Waals surface area contributed by atoms with Crippen LogP contribution in [-0.4, -0.2) is 71.8 Å². The number of alkyl halides is 3. The lowest BCUT2D eigenvalue weighted by Crippen LogP contribution is -2.59. The third kappa shape index (κ3) is 8.01. The van der Waals surface area contributed by atoms with E-state index in [1.165, 1.54) is 28.6 Å². The first-order valence-corrected chi connectivity index (χ1v) is 15.6. The minimum Gasteiger partial charge on any atom is -0.459 e. The van der Waals surface area contributed by atoms with Gasteiger partial charge in [-0.1, -0.05) is 18.0 Å². The molecule has 0 amide bonds. The number of carbonyl (C=O) groups is 1. The maximum Gasteiger partial charge on any atom is 0.573 e. The van der Waals surface area contributed by atoms with Gasteiger partial charge in [0.1, 0.15) is 11.4 Å². The standard InChI is InChI=1S/C28H38F3N3O7S/c1-26(2,3)40-25(35)27(14-18-38-19-15-27)42(36,37)34-16-12-20(13-17-34)6-4-5-7-23-32-24(33-41-23)21-8-10-22(11-9-21)39-28(29,30)31/h8-11,20H,4-7,12-19H2,1-3H3. The Bertz CT molecular complexity index is 1290. The number of hydrogen-bond donors (Lipinski definition) is 0. The van der Waals surface area contributed by atoms with Crippen molar-refractivity contribution in [1.82, 2.24) is 14.4 Å². The highest BCUT2D eigenvalue weighted by molar-refractivity contribution is 7.91. The van der Waals surface area contributed by atoms with Crippen LogP contribution in [0.25, 0.3) is 11.4 Å². The van der Waals surface area contributed by atoms with E-state index in [1.54, 1.807) is 20.8 Å². The number of halogens is 3. The SMILES string of the molecule is CC(C)(C)OC(=O)C1(S(=O)(=O)N2CCC(CCCCc3nc(-c4ccc(OC(F)(F)F)cc4)no3)CC2)CCOCC1. The third-order valence-electron chi connectivity index (χ3n) is 7.55. The van der Waals surface area contributed by atoms with Crippen molar-refractivity contribution in [3.8, 4) is 17.1 Å². The van der Waals surface area contributed by atoms with Crippen molar-refractivity contribution in [2.45, 2.75) is 88.8 Å². The van der Waals surface area contributed by atoms with Crippen LogP contribution in [0.3, 0.4) is 0 Å². The number of unbranched alkanes of at least 4 members (excludes halogenated alkanes) is 1. The number of piperidine rings is 1. The topological polar surface area (TPSA) is 121 Å². The number of aryl methyl sites for hydroxylation is 1. The van der Waals surface area contributed by atoms with Gasteiger partial charge in [-0.2, -0.15) is 4.98 Å². The monoisotopic (exact) mass is 617 g/mol. The minimum atomic E-state index is -4.76. The van der Waals surface area contributed by atoms with E-state index in [0.29, 0.717) is 49.7 Å². The van der Waals surface area contributed by atoms with Gasteiger partial charge < -0.3 is 18.7 Å². The molecule has 0 radical (unpaired) electrons. The van der Waals surface area contributed by atoms with Crippen molar-refractivity contribution in [1.29, 1.82) is 0 Å². The van der Waals surface area contributed by atoms with Crippen LogP contribution in [0.4, 0.5) is 13.2 Å². The Hall–Kier alpha value is -2.71. The molecule has 10 nitrogen and oxygen atoms in total. The van der Waals surface area contributed by atoms with Gasteiger partial charge in [-0.3, -0.25) is 4.79 Å². The van der Waals surface area contributed by atoms with Gasteiger partial charge in [0.25, 0.3) is 0 Å². The second-order valence-corrected chi connectivity index (χ2v) is 14.0. The van der Waals surface area contributed by atoms with Crippen LogP contribution in [-0.2, 0) is 30.7 Å². The number of nitrogens with zero attached hydrogens (tertiary/aromatic N) is 3. The minimum absolute atomic E-state index is 0.0827. The highest BCUT2D eigenvalue weighted by Gasteiger charge is 2.56. The lowest BCUT2D eigenvalue weighted by Gasteiger charge is -2.41. The molecule has 42 heavy (non-hydrogen) atoms. The van der Waals surface area contributed by atoms with E-state index in [1.807, 2.05) is 0 Å². The number of benzene rings is 1. The summed E-state index contributed by atoms with van der Waals surface area (Å²) < 4.78 is 84.6. The molecule has 0 unspecified atom stereocenters. The second-order valence-electron chi connectivity index (χ2n) is 11.8. The summed E-state index contributed by atoms with van der Waals surface area (Å²) in [6.45, 7) is 6.29. The van der Waals surface area contributed by atoms with Crippen LogP contribution in [0.5, 0.6) is 5.75 Å². The zero-order valence-corrected chi connectivity index (χ0v) is 24.9. The maximum absolute atomic E-state index is 13.8. The quantitative estimate of drug-likeness (QED) is 0.259. The van der Waals surface area contributed by atoms with E-state index in [-0.39, 0.29) is 37.6 Å². The molecule has 234 valence electrons. The molecule has 0 spiro atoms. The summed E-state index contributed by atoms with van der Waals surface area (Å²) in [6, 6.07) is 5.24. The molecule has 2 fully saturated rings. The fraction of sp³-hybridized carbons (Fsp3) is 0.679. The Kier molecular flexibility index (Phi) is 9.88. The fourth-order valence-electron chi connectivity index (χ4n) is 5.31. The number of esters is 1. The van der Waals surface area contributed by atoms with Crippen molar-refractivity contribution in [2.24, 2.45) is 5.92 Å². The predicted octanol–water partition coefficient (Wildman–Crippen LogP) is 5.28. The molecule has 3 heterocycles. The summed E-state index contributed by atoms with van der Waals surface area (Å²) in [7, 11) is -3.94. The van der Waals surface area contributed by atoms with Crippen molar-refractivity contribution in [2.75, 3.05) is 26.3 Å². The van der Waals surface area contributed by atoms with Gasteiger partial charge in [0.05, 0.1) is 0 Å². The first-order valence-electron chi connectivity index (χ1n) is 14.2. The van der Waals surface area contributed by atoms with Crippen molar-refractivity contribution >= 4 is 16.0 Å². The Labute approximate surface area is 243 Å². The molecular weight excluding hydrogens is 579 g/mol. The van der Waals surface area contributed by atoms with Crippen LogP contribution in [0.2, 0.25) is 0 Å². The summed E-state index contributed by atoms with van der Waals surface area (Å²) in [6.07, 6.45) is -0.0317. The summed E-state index contributed by atoms with van der Waals surface area (Å²) in [5, 5.41) is 3.91. The van der Waals surface area contributed by atoms with Gasteiger partial charge in [0, 0.05) is 51.1 Å². The van der Waals surface area contributed by atoms with E-state index < -0.39 is 32.7 Å². The summed E-state index contributed by atoms with van der Waals surface area (Å²) in [4.78, 5) is 17.5. The molecule has 0 atom stereocenters. The molecule has 0 aliphatic carbocycles. The van der Waals surface area contributed by atoms with Crippen molar-refractivity contribution < 1.29 is 45.1 Å². The molecule has 2 aliphatic rings. The molecule has 2 aromatic rings. The average Bonchev–Trinajstić information content (AvgIpc) is 3.39. The van der Waals surface area contributed by atoms with Crippen LogP contribution in [0.1, 0.15) is 71.6 Å². The first-order chi connectivity index (χ1) is 19.7. The first kappa shape index (κ1) is 32.2. The molecule has 4 rings (SSSR count). The highest BCUT2D eigenvalue weighted by Crippen LogP contribution is 2.37. The van der Waals surface area contributed by atoms with Crippen LogP contribution in [0, 0.1) is 5.92 Å². The number of hydrogen-bond acceptors (Lipinski definition) is 9. The molecular formula is C28H38F3N3O7S. The molecule has 0 bridgehead atoms. The van der Waals surface area contributed by atoms with Crippen LogP contribution in [0.15, 0.2) is 28.8 Å². The Balaban J connectivity index is 1.24. The van der Waals surface area contributed by atoms with E-state index in [9.17, 15) is 26.4 Å². The van der Waals surface area contributed by atoms with E-state index in [4.69, 9.17) is 14.0 Å². The van der Waals surface area contributed by atoms with E-state index in [2.05, 4.69) is 14.9 Å². The fourth-order valence-corrected chi connectivity index (χ4v) is 7.43. The van der Waals surface area contributed by atoms with E-state index >= 15 is 0 Å². The lowest BCUT2D eigenvalue weighted by atomic mass is 9.92. The molecule has 2 saturated heterocycles. The molecule has 0 saturated carbocycles. The Morgan fingerprint density at radius 3 is 2.31 bits per heavy atom. The maximum atomic E-state index is 13.8. The van der Waals surface area contributed by atoms with Gasteiger partial charge in [0.2, 0.25) is 21.7 Å². The van der Waals surface area contributed by atoms with Gasteiger partial charge in [-0.05, 0) is 70.2 Å². The summed E-state index contributed by atoms with van der Waals surface area (Å²) in [5.74, 6) is 0.0529. The van der Waals surface area contributed by atoms with Crippen LogP contribution < -0.4 is 4.74 Å². The smallest absolute Gasteiger partial charge is 0.459 e. The average molecular weight is 618 g/mol. The zero-order chi connectivity index (χ0) is 30.6. The molecule has 14 heteroatoms. The summed E-state index contributed by atoms with van der Waals surface area (Å²) in [5.41, 5.74) is -0.288. The number of aromatic nitrogens is 2. The van der Waals surface area contributed by atoms with Crippen LogP contribution >= 0.6 is 0 Å². The highest BCUT2D eigenvalue weighted by atomic mass is 32.2. The van der Waals surface area contributed by atoms with Gasteiger partial charge in [-0.15, -0.1) is 13.2 Å². The lowest BCUT2D eigenvalue weighted by molar-refractivity contribution is -0.274. The van der Waals surface area contributed by atoms with Gasteiger partial charge in [0.15, 0.2) is 4.75 Å². The molecule has 0 N–H and O–H groups in total. The number of sulfonamides is 1. The normalized spacial score (nSPS) is 19.0. The second kappa shape index (κ2) is 12.9. The van der Waals surface area contributed by atoms with Gasteiger partial charge >= 0.3 is 12.3 Å².